The van der Waals surface area contributed by atoms with Gasteiger partial charge in [0.25, 0.3) is 10.0 Å². The highest BCUT2D eigenvalue weighted by Gasteiger charge is 2.24. The fourth-order valence-electron chi connectivity index (χ4n) is 2.32. The molecule has 0 fully saturated rings. The summed E-state index contributed by atoms with van der Waals surface area (Å²) in [4.78, 5) is 0.311. The molecule has 1 aliphatic rings. The molecule has 2 aromatic carbocycles. The van der Waals surface area contributed by atoms with Gasteiger partial charge in [-0.2, -0.15) is 0 Å². The number of hydrogen-bond acceptors (Lipinski definition) is 3. The zero-order chi connectivity index (χ0) is 15.0. The Balaban J connectivity index is 2.12. The van der Waals surface area contributed by atoms with Gasteiger partial charge in [-0.25, -0.2) is 8.42 Å². The summed E-state index contributed by atoms with van der Waals surface area (Å²) in [5.74, 6) is 0.731. The molecule has 2 aromatic rings. The molecule has 0 unspecified atom stereocenters. The first-order valence-corrected chi connectivity index (χ1v) is 7.97. The van der Waals surface area contributed by atoms with Crippen LogP contribution in [0.2, 0.25) is 0 Å². The van der Waals surface area contributed by atoms with Gasteiger partial charge < -0.3 is 4.74 Å². The number of nitrogens with one attached hydrogen (secondary N) is 1. The molecule has 0 atom stereocenters. The zero-order valence-electron chi connectivity index (χ0n) is 11.8. The Kier molecular flexibility index (Phi) is 3.22. The van der Waals surface area contributed by atoms with E-state index in [1.54, 1.807) is 31.4 Å². The van der Waals surface area contributed by atoms with Crippen molar-refractivity contribution in [1.29, 1.82) is 0 Å². The Morgan fingerprint density at radius 1 is 1.05 bits per heavy atom. The van der Waals surface area contributed by atoms with Crippen molar-refractivity contribution >= 4 is 21.8 Å². The lowest BCUT2D eigenvalue weighted by atomic mass is 10.1. The number of sulfonamides is 1. The topological polar surface area (TPSA) is 55.4 Å². The predicted molar refractivity (Wildman–Crippen MR) is 82.4 cm³/mol. The predicted octanol–water partition coefficient (Wildman–Crippen LogP) is 2.79. The average molecular weight is 301 g/mol. The van der Waals surface area contributed by atoms with Crippen LogP contribution in [-0.2, 0) is 10.0 Å². The van der Waals surface area contributed by atoms with E-state index in [9.17, 15) is 8.42 Å². The van der Waals surface area contributed by atoms with Crippen LogP contribution < -0.4 is 9.46 Å². The molecule has 0 saturated heterocycles. The maximum Gasteiger partial charge on any atom is 0.262 e. The van der Waals surface area contributed by atoms with Gasteiger partial charge in [0, 0.05) is 0 Å². The molecule has 1 N–H and O–H groups in total. The number of methoxy groups -OCH3 is 1. The first kappa shape index (κ1) is 13.7. The molecule has 4 nitrogen and oxygen atoms in total. The lowest BCUT2D eigenvalue weighted by Crippen LogP contribution is -2.26. The molecule has 21 heavy (non-hydrogen) atoms. The molecule has 0 bridgehead atoms. The third-order valence-electron chi connectivity index (χ3n) is 3.40. The monoisotopic (exact) mass is 301 g/mol. The number of ether oxygens (including phenoxy) is 1. The van der Waals surface area contributed by atoms with E-state index in [-0.39, 0.29) is 0 Å². The van der Waals surface area contributed by atoms with E-state index in [0.29, 0.717) is 16.2 Å². The van der Waals surface area contributed by atoms with Gasteiger partial charge >= 0.3 is 0 Å². The van der Waals surface area contributed by atoms with Crippen molar-refractivity contribution in [2.24, 2.45) is 0 Å². The zero-order valence-corrected chi connectivity index (χ0v) is 12.6. The van der Waals surface area contributed by atoms with E-state index in [1.807, 2.05) is 31.2 Å². The molecule has 0 radical (unpaired) electrons. The summed E-state index contributed by atoms with van der Waals surface area (Å²) in [6.07, 6.45) is 1.85. The Morgan fingerprint density at radius 2 is 1.76 bits per heavy atom. The summed E-state index contributed by atoms with van der Waals surface area (Å²) in [6, 6.07) is 12.6. The minimum atomic E-state index is -3.52. The lowest BCUT2D eigenvalue weighted by Gasteiger charge is -2.19. The summed E-state index contributed by atoms with van der Waals surface area (Å²) < 4.78 is 32.4. The van der Waals surface area contributed by atoms with Gasteiger partial charge in [-0.15, -0.1) is 0 Å². The standard InChI is InChI=1S/C16H15NO3S/c1-11-3-8-16-13(9-11)10-15(17-21(16,18)19)12-4-6-14(20-2)7-5-12/h3-10,17H,1-2H3. The van der Waals surface area contributed by atoms with E-state index >= 15 is 0 Å². The SMILES string of the molecule is COc1ccc(C2=Cc3cc(C)ccc3S(=O)(=O)N2)cc1. The molecular weight excluding hydrogens is 286 g/mol. The largest absolute Gasteiger partial charge is 0.497 e. The number of hydrogen-bond donors (Lipinski definition) is 1. The van der Waals surface area contributed by atoms with Crippen LogP contribution in [0, 0.1) is 6.92 Å². The smallest absolute Gasteiger partial charge is 0.262 e. The maximum absolute atomic E-state index is 12.3. The molecule has 0 spiro atoms. The molecule has 0 saturated carbocycles. The van der Waals surface area contributed by atoms with E-state index in [2.05, 4.69) is 4.72 Å². The van der Waals surface area contributed by atoms with E-state index in [0.717, 1.165) is 16.9 Å². The molecule has 108 valence electrons. The molecule has 0 aromatic heterocycles. The van der Waals surface area contributed by atoms with E-state index in [4.69, 9.17) is 4.74 Å². The van der Waals surface area contributed by atoms with Crippen LogP contribution in [0.3, 0.4) is 0 Å². The number of fused-ring (bicyclic) bond motifs is 1. The van der Waals surface area contributed by atoms with Crippen LogP contribution in [-0.4, -0.2) is 15.5 Å². The Bertz CT molecular complexity index is 821. The van der Waals surface area contributed by atoms with E-state index in [1.165, 1.54) is 0 Å². The van der Waals surface area contributed by atoms with E-state index < -0.39 is 10.0 Å². The third-order valence-corrected chi connectivity index (χ3v) is 4.84. The van der Waals surface area contributed by atoms with Gasteiger partial charge in [-0.1, -0.05) is 17.7 Å². The summed E-state index contributed by atoms with van der Waals surface area (Å²) >= 11 is 0. The van der Waals surface area contributed by atoms with Crippen molar-refractivity contribution in [2.45, 2.75) is 11.8 Å². The molecule has 1 heterocycles. The van der Waals surface area contributed by atoms with Crippen molar-refractivity contribution in [3.63, 3.8) is 0 Å². The maximum atomic E-state index is 12.3. The summed E-state index contributed by atoms with van der Waals surface area (Å²) in [5, 5.41) is 0. The quantitative estimate of drug-likeness (QED) is 0.928. The van der Waals surface area contributed by atoms with Crippen LogP contribution in [0.4, 0.5) is 0 Å². The normalized spacial score (nSPS) is 15.6. The highest BCUT2D eigenvalue weighted by Crippen LogP contribution is 2.29. The molecule has 3 rings (SSSR count). The fourth-order valence-corrected chi connectivity index (χ4v) is 3.57. The number of rotatable bonds is 2. The van der Waals surface area contributed by atoms with Gasteiger partial charge in [0.15, 0.2) is 0 Å². The second-order valence-electron chi connectivity index (χ2n) is 4.93. The van der Waals surface area contributed by atoms with Crippen LogP contribution in [0.5, 0.6) is 5.75 Å². The van der Waals surface area contributed by atoms with Crippen LogP contribution >= 0.6 is 0 Å². The Labute approximate surface area is 124 Å². The van der Waals surface area contributed by atoms with Crippen molar-refractivity contribution < 1.29 is 13.2 Å². The first-order chi connectivity index (χ1) is 9.99. The fraction of sp³-hybridized carbons (Fsp3) is 0.125. The van der Waals surface area contributed by atoms with Gasteiger partial charge in [0.1, 0.15) is 5.75 Å². The van der Waals surface area contributed by atoms with Crippen LogP contribution in [0.25, 0.3) is 11.8 Å². The highest BCUT2D eigenvalue weighted by atomic mass is 32.2. The lowest BCUT2D eigenvalue weighted by molar-refractivity contribution is 0.415. The second-order valence-corrected chi connectivity index (χ2v) is 6.58. The minimum Gasteiger partial charge on any atom is -0.497 e. The van der Waals surface area contributed by atoms with Gasteiger partial charge in [0.2, 0.25) is 0 Å². The first-order valence-electron chi connectivity index (χ1n) is 6.49. The third kappa shape index (κ3) is 2.52. The minimum absolute atomic E-state index is 0.311. The summed E-state index contributed by atoms with van der Waals surface area (Å²) in [6.45, 7) is 1.94. The molecule has 0 aliphatic carbocycles. The van der Waals surface area contributed by atoms with Crippen LogP contribution in [0.15, 0.2) is 47.4 Å². The number of aryl methyl sites for hydroxylation is 1. The van der Waals surface area contributed by atoms with Crippen LogP contribution in [0.1, 0.15) is 16.7 Å². The Morgan fingerprint density at radius 3 is 2.43 bits per heavy atom. The molecular formula is C16H15NO3S. The second kappa shape index (κ2) is 4.93. The Hall–Kier alpha value is -2.27. The molecule has 1 aliphatic heterocycles. The van der Waals surface area contributed by atoms with Crippen molar-refractivity contribution in [2.75, 3.05) is 7.11 Å². The van der Waals surface area contributed by atoms with Gasteiger partial charge in [0.05, 0.1) is 17.7 Å². The van der Waals surface area contributed by atoms with Crippen molar-refractivity contribution in [1.82, 2.24) is 4.72 Å². The molecule has 0 amide bonds. The summed E-state index contributed by atoms with van der Waals surface area (Å²) in [7, 11) is -1.93. The number of benzene rings is 2. The van der Waals surface area contributed by atoms with Gasteiger partial charge in [-0.3, -0.25) is 4.72 Å². The van der Waals surface area contributed by atoms with Crippen molar-refractivity contribution in [3.8, 4) is 5.75 Å². The van der Waals surface area contributed by atoms with Crippen molar-refractivity contribution in [3.05, 3.63) is 59.2 Å². The highest BCUT2D eigenvalue weighted by molar-refractivity contribution is 7.90. The van der Waals surface area contributed by atoms with Gasteiger partial charge in [-0.05, 0) is 54.5 Å². The molecule has 5 heteroatoms. The summed E-state index contributed by atoms with van der Waals surface area (Å²) in [5.41, 5.74) is 3.10. The average Bonchev–Trinajstić information content (AvgIpc) is 2.46.